The Hall–Kier alpha value is -2.91. The van der Waals surface area contributed by atoms with Crippen molar-refractivity contribution in [2.24, 2.45) is 0 Å². The van der Waals surface area contributed by atoms with E-state index in [0.29, 0.717) is 29.9 Å². The Kier molecular flexibility index (Phi) is 6.66. The van der Waals surface area contributed by atoms with Crippen molar-refractivity contribution in [2.45, 2.75) is 26.8 Å². The van der Waals surface area contributed by atoms with Crippen LogP contribution in [0, 0.1) is 13.8 Å². The Morgan fingerprint density at radius 2 is 2.03 bits per heavy atom. The summed E-state index contributed by atoms with van der Waals surface area (Å²) >= 11 is 1.42. The van der Waals surface area contributed by atoms with Gasteiger partial charge in [0.25, 0.3) is 11.7 Å². The fourth-order valence-electron chi connectivity index (χ4n) is 3.81. The second kappa shape index (κ2) is 9.07. The van der Waals surface area contributed by atoms with Crippen LogP contribution in [0.3, 0.4) is 0 Å². The fourth-order valence-corrected chi connectivity index (χ4v) is 4.65. The van der Waals surface area contributed by atoms with Gasteiger partial charge in [-0.1, -0.05) is 6.07 Å². The van der Waals surface area contributed by atoms with Crippen LogP contribution in [0.4, 0.5) is 0 Å². The van der Waals surface area contributed by atoms with Crippen LogP contribution in [0.5, 0.6) is 0 Å². The summed E-state index contributed by atoms with van der Waals surface area (Å²) in [6.45, 7) is 6.22. The van der Waals surface area contributed by atoms with E-state index in [9.17, 15) is 19.5 Å². The number of amides is 1. The van der Waals surface area contributed by atoms with Crippen molar-refractivity contribution in [2.75, 3.05) is 33.8 Å². The smallest absolute Gasteiger partial charge is 0.355 e. The molecule has 1 fully saturated rings. The first-order chi connectivity index (χ1) is 14.7. The summed E-state index contributed by atoms with van der Waals surface area (Å²) in [5.74, 6) is -2.19. The molecule has 0 spiro atoms. The van der Waals surface area contributed by atoms with Crippen LogP contribution in [0.2, 0.25) is 0 Å². The number of aliphatic hydroxyl groups excluding tert-OH is 1. The molecule has 0 bridgehead atoms. The minimum Gasteiger partial charge on any atom is -0.507 e. The van der Waals surface area contributed by atoms with Gasteiger partial charge in [-0.05, 0) is 51.9 Å². The van der Waals surface area contributed by atoms with Gasteiger partial charge in [-0.2, -0.15) is 0 Å². The number of ether oxygens (including phenoxy) is 1. The normalized spacial score (nSPS) is 18.3. The summed E-state index contributed by atoms with van der Waals surface area (Å²) in [7, 11) is 3.78. The number of H-pyrrole nitrogens is 1. The van der Waals surface area contributed by atoms with E-state index in [1.807, 2.05) is 36.5 Å². The number of ketones is 1. The van der Waals surface area contributed by atoms with E-state index in [-0.39, 0.29) is 23.6 Å². The lowest BCUT2D eigenvalue weighted by molar-refractivity contribution is -0.140. The number of aromatic nitrogens is 1. The Labute approximate surface area is 185 Å². The number of likely N-dealkylation sites (tertiary alicyclic amines) is 1. The summed E-state index contributed by atoms with van der Waals surface area (Å²) in [6.07, 6.45) is 0. The molecule has 3 heterocycles. The van der Waals surface area contributed by atoms with E-state index in [1.165, 1.54) is 16.2 Å². The molecule has 1 unspecified atom stereocenters. The third kappa shape index (κ3) is 4.15. The van der Waals surface area contributed by atoms with Crippen molar-refractivity contribution in [3.8, 4) is 0 Å². The van der Waals surface area contributed by atoms with Gasteiger partial charge in [0.15, 0.2) is 0 Å². The van der Waals surface area contributed by atoms with Crippen molar-refractivity contribution in [1.82, 2.24) is 14.8 Å². The van der Waals surface area contributed by atoms with Gasteiger partial charge in [-0.15, -0.1) is 11.3 Å². The van der Waals surface area contributed by atoms with Crippen LogP contribution in [-0.4, -0.2) is 71.3 Å². The molecular weight excluding hydrogens is 418 g/mol. The zero-order valence-electron chi connectivity index (χ0n) is 18.3. The Bertz CT molecular complexity index is 1040. The third-order valence-corrected chi connectivity index (χ3v) is 6.22. The number of carbonyl (C=O) groups excluding carboxylic acids is 3. The first-order valence-corrected chi connectivity index (χ1v) is 10.9. The van der Waals surface area contributed by atoms with Gasteiger partial charge in [0.1, 0.15) is 11.5 Å². The molecule has 0 saturated carbocycles. The number of thiophene rings is 1. The molecule has 1 saturated heterocycles. The van der Waals surface area contributed by atoms with Crippen LogP contribution < -0.4 is 0 Å². The number of aromatic amines is 1. The summed E-state index contributed by atoms with van der Waals surface area (Å²) in [4.78, 5) is 45.3. The standard InChI is InChI=1S/C22H27N3O5S/c1-6-30-22(29)17-12(2)15(13(3)23-17)19(26)16-18(14-8-7-11-31-14)25(10-9-24(4)5)21(28)20(16)27/h7-8,11,18,23,26H,6,9-10H2,1-5H3/b19-16+. The monoisotopic (exact) mass is 445 g/mol. The predicted octanol–water partition coefficient (Wildman–Crippen LogP) is 2.85. The van der Waals surface area contributed by atoms with E-state index >= 15 is 0 Å². The molecule has 3 rings (SSSR count). The van der Waals surface area contributed by atoms with E-state index in [0.717, 1.165) is 4.88 Å². The summed E-state index contributed by atoms with van der Waals surface area (Å²) in [6, 6.07) is 3.01. The van der Waals surface area contributed by atoms with Crippen LogP contribution in [0.15, 0.2) is 23.1 Å². The molecule has 9 heteroatoms. The average molecular weight is 446 g/mol. The van der Waals surface area contributed by atoms with Crippen molar-refractivity contribution < 1.29 is 24.2 Å². The average Bonchev–Trinajstić information content (AvgIpc) is 3.39. The van der Waals surface area contributed by atoms with E-state index in [2.05, 4.69) is 4.98 Å². The summed E-state index contributed by atoms with van der Waals surface area (Å²) in [5.41, 5.74) is 1.58. The van der Waals surface area contributed by atoms with Crippen LogP contribution >= 0.6 is 11.3 Å². The first kappa shape index (κ1) is 22.8. The maximum atomic E-state index is 13.0. The molecule has 166 valence electrons. The number of hydrogen-bond donors (Lipinski definition) is 2. The number of nitrogens with one attached hydrogen (secondary N) is 1. The molecular formula is C22H27N3O5S. The maximum absolute atomic E-state index is 13.0. The summed E-state index contributed by atoms with van der Waals surface area (Å²) in [5, 5.41) is 13.1. The number of carbonyl (C=O) groups is 3. The Morgan fingerprint density at radius 1 is 1.32 bits per heavy atom. The lowest BCUT2D eigenvalue weighted by atomic mass is 9.97. The fraction of sp³-hybridized carbons (Fsp3) is 0.409. The van der Waals surface area contributed by atoms with Crippen molar-refractivity contribution in [3.05, 3.63) is 50.5 Å². The minimum absolute atomic E-state index is 0.0341. The molecule has 0 aliphatic carbocycles. The number of rotatable bonds is 7. The van der Waals surface area contributed by atoms with Gasteiger partial charge in [0.2, 0.25) is 0 Å². The topological polar surface area (TPSA) is 103 Å². The SMILES string of the molecule is CCOC(=O)c1[nH]c(C)c(/C(O)=C2\C(=O)C(=O)N(CCN(C)C)C2c2cccs2)c1C. The molecule has 2 aromatic heterocycles. The molecule has 1 atom stereocenters. The second-order valence-corrected chi connectivity index (χ2v) is 8.64. The zero-order valence-corrected chi connectivity index (χ0v) is 19.1. The zero-order chi connectivity index (χ0) is 22.9. The molecule has 0 radical (unpaired) electrons. The second-order valence-electron chi connectivity index (χ2n) is 7.66. The lowest BCUT2D eigenvalue weighted by Gasteiger charge is -2.25. The number of Topliss-reactive ketones (excluding diaryl/α,β-unsaturated/α-hetero) is 1. The largest absolute Gasteiger partial charge is 0.507 e. The van der Waals surface area contributed by atoms with Gasteiger partial charge >= 0.3 is 5.97 Å². The number of nitrogens with zero attached hydrogens (tertiary/aromatic N) is 2. The highest BCUT2D eigenvalue weighted by Gasteiger charge is 2.46. The van der Waals surface area contributed by atoms with Crippen LogP contribution in [-0.2, 0) is 14.3 Å². The number of aliphatic hydroxyl groups is 1. The van der Waals surface area contributed by atoms with Gasteiger partial charge < -0.3 is 24.6 Å². The lowest BCUT2D eigenvalue weighted by Crippen LogP contribution is -2.35. The summed E-state index contributed by atoms with van der Waals surface area (Å²) < 4.78 is 5.07. The first-order valence-electron chi connectivity index (χ1n) is 10.0. The van der Waals surface area contributed by atoms with Crippen molar-refractivity contribution in [3.63, 3.8) is 0 Å². The quantitative estimate of drug-likeness (QED) is 0.294. The highest BCUT2D eigenvalue weighted by atomic mass is 32.1. The number of likely N-dealkylation sites (N-methyl/N-ethyl adjacent to an activating group) is 1. The van der Waals surface area contributed by atoms with Crippen molar-refractivity contribution >= 4 is 34.8 Å². The molecule has 1 amide bonds. The minimum atomic E-state index is -0.729. The molecule has 2 N–H and O–H groups in total. The van der Waals surface area contributed by atoms with Crippen LogP contribution in [0.25, 0.3) is 5.76 Å². The number of esters is 1. The van der Waals surface area contributed by atoms with Gasteiger partial charge in [0.05, 0.1) is 18.2 Å². The highest BCUT2D eigenvalue weighted by Crippen LogP contribution is 2.42. The highest BCUT2D eigenvalue weighted by molar-refractivity contribution is 7.10. The molecule has 2 aromatic rings. The van der Waals surface area contributed by atoms with E-state index in [4.69, 9.17) is 4.74 Å². The van der Waals surface area contributed by atoms with Gasteiger partial charge in [0, 0.05) is 29.2 Å². The van der Waals surface area contributed by atoms with Crippen LogP contribution in [0.1, 0.15) is 45.2 Å². The number of hydrogen-bond acceptors (Lipinski definition) is 7. The molecule has 8 nitrogen and oxygen atoms in total. The van der Waals surface area contributed by atoms with Gasteiger partial charge in [-0.25, -0.2) is 4.79 Å². The molecule has 1 aliphatic rings. The van der Waals surface area contributed by atoms with E-state index < -0.39 is 23.7 Å². The predicted molar refractivity (Wildman–Crippen MR) is 118 cm³/mol. The Morgan fingerprint density at radius 3 is 2.61 bits per heavy atom. The molecule has 0 aromatic carbocycles. The number of aryl methyl sites for hydroxylation is 1. The van der Waals surface area contributed by atoms with Gasteiger partial charge in [-0.3, -0.25) is 9.59 Å². The maximum Gasteiger partial charge on any atom is 0.355 e. The third-order valence-electron chi connectivity index (χ3n) is 5.29. The van der Waals surface area contributed by atoms with E-state index in [1.54, 1.807) is 20.8 Å². The van der Waals surface area contributed by atoms with Crippen molar-refractivity contribution in [1.29, 1.82) is 0 Å². The molecule has 1 aliphatic heterocycles. The Balaban J connectivity index is 2.15. The molecule has 31 heavy (non-hydrogen) atoms.